The highest BCUT2D eigenvalue weighted by molar-refractivity contribution is 6.36. The van der Waals surface area contributed by atoms with Gasteiger partial charge in [0.15, 0.2) is 0 Å². The van der Waals surface area contributed by atoms with Gasteiger partial charge in [-0.25, -0.2) is 0 Å². The van der Waals surface area contributed by atoms with Gasteiger partial charge in [-0.1, -0.05) is 42.5 Å². The van der Waals surface area contributed by atoms with Crippen molar-refractivity contribution in [2.45, 2.75) is 64.5 Å². The summed E-state index contributed by atoms with van der Waals surface area (Å²) in [4.78, 5) is 2.49. The average molecular weight is 300 g/mol. The zero-order chi connectivity index (χ0) is 14.0. The van der Waals surface area contributed by atoms with Gasteiger partial charge in [0.25, 0.3) is 0 Å². The Balaban J connectivity index is 2.36. The van der Waals surface area contributed by atoms with Crippen molar-refractivity contribution in [3.63, 3.8) is 0 Å². The first kappa shape index (κ1) is 15.0. The topological polar surface area (TPSA) is 3.24 Å². The molecule has 19 heavy (non-hydrogen) atoms. The van der Waals surface area contributed by atoms with Crippen LogP contribution in [0, 0.1) is 0 Å². The third kappa shape index (κ3) is 3.58. The molecule has 106 valence electrons. The predicted octanol–water partition coefficient (Wildman–Crippen LogP) is 5.93. The summed E-state index contributed by atoms with van der Waals surface area (Å²) in [5, 5.41) is 1.46. The molecule has 0 heterocycles. The normalized spacial score (nSPS) is 17.5. The second-order valence-corrected chi connectivity index (χ2v) is 7.27. The van der Waals surface area contributed by atoms with Crippen LogP contribution in [0.2, 0.25) is 10.0 Å². The molecular formula is C16H23Cl2N. The molecule has 0 aromatic heterocycles. The van der Waals surface area contributed by atoms with Crippen molar-refractivity contribution in [2.75, 3.05) is 4.90 Å². The minimum atomic E-state index is 0.0689. The van der Waals surface area contributed by atoms with Gasteiger partial charge in [-0.05, 0) is 51.8 Å². The number of hydrogen-bond donors (Lipinski definition) is 0. The van der Waals surface area contributed by atoms with Gasteiger partial charge in [-0.3, -0.25) is 0 Å². The summed E-state index contributed by atoms with van der Waals surface area (Å²) in [6.45, 7) is 6.77. The summed E-state index contributed by atoms with van der Waals surface area (Å²) < 4.78 is 0. The van der Waals surface area contributed by atoms with Gasteiger partial charge in [0.1, 0.15) is 0 Å². The van der Waals surface area contributed by atoms with Crippen molar-refractivity contribution in [1.82, 2.24) is 0 Å². The lowest BCUT2D eigenvalue weighted by Crippen LogP contribution is -2.49. The molecule has 0 aliphatic heterocycles. The van der Waals surface area contributed by atoms with Crippen molar-refractivity contribution in [2.24, 2.45) is 0 Å². The van der Waals surface area contributed by atoms with E-state index < -0.39 is 0 Å². The third-order valence-corrected chi connectivity index (χ3v) is 4.37. The van der Waals surface area contributed by atoms with E-state index in [-0.39, 0.29) is 5.54 Å². The van der Waals surface area contributed by atoms with E-state index in [9.17, 15) is 0 Å². The van der Waals surface area contributed by atoms with Gasteiger partial charge in [-0.2, -0.15) is 0 Å². The van der Waals surface area contributed by atoms with Crippen LogP contribution in [-0.4, -0.2) is 11.6 Å². The molecule has 1 aliphatic carbocycles. The molecule has 1 aliphatic rings. The number of hydrogen-bond acceptors (Lipinski definition) is 1. The van der Waals surface area contributed by atoms with E-state index in [0.717, 1.165) is 10.7 Å². The van der Waals surface area contributed by atoms with Crippen molar-refractivity contribution in [3.8, 4) is 0 Å². The minimum Gasteiger partial charge on any atom is -0.363 e. The van der Waals surface area contributed by atoms with Gasteiger partial charge in [0.2, 0.25) is 0 Å². The Kier molecular flexibility index (Phi) is 4.68. The average Bonchev–Trinajstić information content (AvgIpc) is 2.32. The van der Waals surface area contributed by atoms with Crippen LogP contribution in [0.25, 0.3) is 0 Å². The maximum Gasteiger partial charge on any atom is 0.0654 e. The van der Waals surface area contributed by atoms with Gasteiger partial charge >= 0.3 is 0 Å². The predicted molar refractivity (Wildman–Crippen MR) is 85.6 cm³/mol. The molecule has 1 saturated carbocycles. The zero-order valence-electron chi connectivity index (χ0n) is 12.0. The molecule has 0 saturated heterocycles. The molecule has 3 heteroatoms. The Labute approximate surface area is 126 Å². The maximum absolute atomic E-state index is 6.42. The van der Waals surface area contributed by atoms with Crippen molar-refractivity contribution >= 4 is 28.9 Å². The minimum absolute atomic E-state index is 0.0689. The molecule has 0 N–H and O–H groups in total. The second kappa shape index (κ2) is 5.93. The second-order valence-electron chi connectivity index (χ2n) is 6.43. The first-order chi connectivity index (χ1) is 8.89. The number of anilines is 1. The van der Waals surface area contributed by atoms with Crippen molar-refractivity contribution in [1.29, 1.82) is 0 Å². The molecule has 1 fully saturated rings. The standard InChI is InChI=1S/C16H23Cl2N/c1-16(2,3)19(13-7-5-4-6-8-13)15-10-9-12(17)11-14(15)18/h9-11,13H,4-8H2,1-3H3. The quantitative estimate of drug-likeness (QED) is 0.654. The highest BCUT2D eigenvalue weighted by Gasteiger charge is 2.31. The van der Waals surface area contributed by atoms with E-state index in [1.807, 2.05) is 12.1 Å². The smallest absolute Gasteiger partial charge is 0.0654 e. The number of rotatable bonds is 2. The molecule has 0 radical (unpaired) electrons. The fourth-order valence-electron chi connectivity index (χ4n) is 3.12. The summed E-state index contributed by atoms with van der Waals surface area (Å²) >= 11 is 12.4. The molecule has 1 nitrogen and oxygen atoms in total. The first-order valence-corrected chi connectivity index (χ1v) is 7.89. The summed E-state index contributed by atoms with van der Waals surface area (Å²) in [5.74, 6) is 0. The van der Waals surface area contributed by atoms with E-state index in [1.165, 1.54) is 32.1 Å². The highest BCUT2D eigenvalue weighted by Crippen LogP contribution is 2.38. The fraction of sp³-hybridized carbons (Fsp3) is 0.625. The summed E-state index contributed by atoms with van der Waals surface area (Å²) in [6, 6.07) is 6.43. The summed E-state index contributed by atoms with van der Waals surface area (Å²) in [7, 11) is 0. The molecule has 1 aromatic rings. The Morgan fingerprint density at radius 2 is 1.68 bits per heavy atom. The zero-order valence-corrected chi connectivity index (χ0v) is 13.6. The molecule has 1 aromatic carbocycles. The lowest BCUT2D eigenvalue weighted by molar-refractivity contribution is 0.354. The van der Waals surface area contributed by atoms with Crippen LogP contribution in [0.1, 0.15) is 52.9 Å². The van der Waals surface area contributed by atoms with Crippen LogP contribution in [0.15, 0.2) is 18.2 Å². The van der Waals surface area contributed by atoms with Crippen molar-refractivity contribution < 1.29 is 0 Å². The Morgan fingerprint density at radius 1 is 1.05 bits per heavy atom. The third-order valence-electron chi connectivity index (χ3n) is 3.83. The largest absolute Gasteiger partial charge is 0.363 e. The monoisotopic (exact) mass is 299 g/mol. The molecule has 0 unspecified atom stereocenters. The Morgan fingerprint density at radius 3 is 2.21 bits per heavy atom. The number of benzene rings is 1. The Hall–Kier alpha value is -0.400. The van der Waals surface area contributed by atoms with E-state index in [1.54, 1.807) is 0 Å². The van der Waals surface area contributed by atoms with Gasteiger partial charge in [-0.15, -0.1) is 0 Å². The van der Waals surface area contributed by atoms with Gasteiger partial charge in [0.05, 0.1) is 10.7 Å². The molecule has 0 spiro atoms. The van der Waals surface area contributed by atoms with Crippen LogP contribution in [-0.2, 0) is 0 Å². The van der Waals surface area contributed by atoms with E-state index in [2.05, 4.69) is 31.7 Å². The number of nitrogens with zero attached hydrogens (tertiary/aromatic N) is 1. The lowest BCUT2D eigenvalue weighted by Gasteiger charge is -2.45. The fourth-order valence-corrected chi connectivity index (χ4v) is 3.62. The van der Waals surface area contributed by atoms with Crippen molar-refractivity contribution in [3.05, 3.63) is 28.2 Å². The first-order valence-electron chi connectivity index (χ1n) is 7.14. The lowest BCUT2D eigenvalue weighted by atomic mass is 9.90. The van der Waals surface area contributed by atoms with Crippen LogP contribution in [0.3, 0.4) is 0 Å². The van der Waals surface area contributed by atoms with Crippen LogP contribution < -0.4 is 4.90 Å². The SMILES string of the molecule is CC(C)(C)N(c1ccc(Cl)cc1Cl)C1CCCCC1. The number of halogens is 2. The summed E-state index contributed by atoms with van der Waals surface area (Å²) in [6.07, 6.45) is 6.53. The highest BCUT2D eigenvalue weighted by atomic mass is 35.5. The van der Waals surface area contributed by atoms with E-state index in [0.29, 0.717) is 11.1 Å². The Bertz CT molecular complexity index is 431. The molecule has 0 atom stereocenters. The molecule has 2 rings (SSSR count). The maximum atomic E-state index is 6.42. The molecular weight excluding hydrogens is 277 g/mol. The van der Waals surface area contributed by atoms with E-state index in [4.69, 9.17) is 23.2 Å². The van der Waals surface area contributed by atoms with Crippen LogP contribution in [0.5, 0.6) is 0 Å². The van der Waals surface area contributed by atoms with Gasteiger partial charge in [0, 0.05) is 16.6 Å². The van der Waals surface area contributed by atoms with Crippen LogP contribution >= 0.6 is 23.2 Å². The molecule has 0 bridgehead atoms. The molecule has 0 amide bonds. The van der Waals surface area contributed by atoms with Gasteiger partial charge < -0.3 is 4.90 Å². The van der Waals surface area contributed by atoms with E-state index >= 15 is 0 Å². The van der Waals surface area contributed by atoms with Crippen LogP contribution in [0.4, 0.5) is 5.69 Å². The summed E-state index contributed by atoms with van der Waals surface area (Å²) in [5.41, 5.74) is 1.19.